The molecule has 1 fully saturated rings. The highest BCUT2D eigenvalue weighted by atomic mass is 16.2. The number of para-hydroxylation sites is 1. The van der Waals surface area contributed by atoms with Crippen LogP contribution >= 0.6 is 0 Å². The van der Waals surface area contributed by atoms with Gasteiger partial charge in [0.25, 0.3) is 5.91 Å². The lowest BCUT2D eigenvalue weighted by Crippen LogP contribution is -2.31. The Morgan fingerprint density at radius 2 is 2.10 bits per heavy atom. The summed E-state index contributed by atoms with van der Waals surface area (Å²) in [6.07, 6.45) is 1.05. The quantitative estimate of drug-likeness (QED) is 0.921. The van der Waals surface area contributed by atoms with Crippen molar-refractivity contribution in [2.75, 3.05) is 25.5 Å². The summed E-state index contributed by atoms with van der Waals surface area (Å²) in [6.45, 7) is 6.02. The monoisotopic (exact) mass is 283 g/mol. The first kappa shape index (κ1) is 13.9. The average molecular weight is 283 g/mol. The number of carbonyl (C=O) groups excluding carboxylic acids is 1. The summed E-state index contributed by atoms with van der Waals surface area (Å²) in [5.74, 6) is 0.0304. The molecular formula is C17H21N3O. The molecule has 0 radical (unpaired) electrons. The normalized spacial score (nSPS) is 17.2. The lowest BCUT2D eigenvalue weighted by Gasteiger charge is -2.20. The Morgan fingerprint density at radius 1 is 1.33 bits per heavy atom. The van der Waals surface area contributed by atoms with Crippen LogP contribution in [0.1, 0.15) is 30.8 Å². The van der Waals surface area contributed by atoms with Gasteiger partial charge in [-0.1, -0.05) is 32.0 Å². The van der Waals surface area contributed by atoms with E-state index in [0.717, 1.165) is 36.1 Å². The maximum atomic E-state index is 12.7. The van der Waals surface area contributed by atoms with Crippen molar-refractivity contribution in [3.8, 4) is 0 Å². The van der Waals surface area contributed by atoms with Gasteiger partial charge in [-0.2, -0.15) is 0 Å². The van der Waals surface area contributed by atoms with Crippen molar-refractivity contribution in [1.29, 1.82) is 0 Å². The molecule has 1 N–H and O–H groups in total. The van der Waals surface area contributed by atoms with Crippen molar-refractivity contribution in [3.05, 3.63) is 36.0 Å². The Kier molecular flexibility index (Phi) is 3.32. The first-order valence-corrected chi connectivity index (χ1v) is 7.37. The number of nitrogens with zero attached hydrogens (tertiary/aromatic N) is 2. The zero-order valence-corrected chi connectivity index (χ0v) is 12.8. The third-order valence-corrected chi connectivity index (χ3v) is 4.17. The second-order valence-corrected chi connectivity index (χ2v) is 6.46. The van der Waals surface area contributed by atoms with E-state index in [1.165, 1.54) is 0 Å². The van der Waals surface area contributed by atoms with Gasteiger partial charge in [0.2, 0.25) is 0 Å². The van der Waals surface area contributed by atoms with Gasteiger partial charge >= 0.3 is 0 Å². The molecular weight excluding hydrogens is 262 g/mol. The van der Waals surface area contributed by atoms with Crippen LogP contribution in [0.5, 0.6) is 0 Å². The highest BCUT2D eigenvalue weighted by Gasteiger charge is 2.33. The smallest absolute Gasteiger partial charge is 0.272 e. The van der Waals surface area contributed by atoms with E-state index < -0.39 is 0 Å². The first-order valence-electron chi connectivity index (χ1n) is 7.37. The summed E-state index contributed by atoms with van der Waals surface area (Å²) in [5, 5.41) is 4.20. The van der Waals surface area contributed by atoms with Gasteiger partial charge in [-0.3, -0.25) is 4.79 Å². The fourth-order valence-electron chi connectivity index (χ4n) is 2.94. The Balaban J connectivity index is 1.99. The van der Waals surface area contributed by atoms with Gasteiger partial charge in [-0.25, -0.2) is 4.98 Å². The van der Waals surface area contributed by atoms with E-state index in [0.29, 0.717) is 5.69 Å². The molecule has 3 rings (SSSR count). The van der Waals surface area contributed by atoms with Crippen molar-refractivity contribution < 1.29 is 4.79 Å². The maximum Gasteiger partial charge on any atom is 0.272 e. The summed E-state index contributed by atoms with van der Waals surface area (Å²) >= 11 is 0. The molecule has 1 aromatic carbocycles. The molecule has 110 valence electrons. The van der Waals surface area contributed by atoms with Crippen molar-refractivity contribution in [2.24, 2.45) is 5.41 Å². The predicted molar refractivity (Wildman–Crippen MR) is 85.6 cm³/mol. The van der Waals surface area contributed by atoms with Crippen molar-refractivity contribution in [2.45, 2.75) is 20.3 Å². The molecule has 21 heavy (non-hydrogen) atoms. The molecule has 0 unspecified atom stereocenters. The van der Waals surface area contributed by atoms with Crippen LogP contribution < -0.4 is 5.32 Å². The van der Waals surface area contributed by atoms with Gasteiger partial charge in [0.1, 0.15) is 5.69 Å². The molecule has 1 aliphatic rings. The molecule has 2 aromatic rings. The molecule has 0 atom stereocenters. The topological polar surface area (TPSA) is 45.2 Å². The third-order valence-electron chi connectivity index (χ3n) is 4.17. The summed E-state index contributed by atoms with van der Waals surface area (Å²) in [5.41, 5.74) is 2.53. The van der Waals surface area contributed by atoms with Crippen molar-refractivity contribution >= 4 is 22.5 Å². The molecule has 1 aliphatic heterocycles. The predicted octanol–water partition coefficient (Wildman–Crippen LogP) is 3.15. The van der Waals surface area contributed by atoms with Crippen LogP contribution in [0.4, 0.5) is 5.69 Å². The van der Waals surface area contributed by atoms with Crippen LogP contribution in [0, 0.1) is 5.41 Å². The molecule has 1 amide bonds. The van der Waals surface area contributed by atoms with Crippen molar-refractivity contribution in [3.63, 3.8) is 0 Å². The molecule has 0 spiro atoms. The van der Waals surface area contributed by atoms with Gasteiger partial charge in [0.05, 0.1) is 5.52 Å². The average Bonchev–Trinajstić information content (AvgIpc) is 2.85. The Labute approximate surface area is 125 Å². The van der Waals surface area contributed by atoms with Gasteiger partial charge < -0.3 is 10.2 Å². The molecule has 0 bridgehead atoms. The van der Waals surface area contributed by atoms with E-state index in [9.17, 15) is 4.79 Å². The number of hydrogen-bond acceptors (Lipinski definition) is 3. The van der Waals surface area contributed by atoms with E-state index >= 15 is 0 Å². The van der Waals surface area contributed by atoms with E-state index in [2.05, 4.69) is 24.1 Å². The van der Waals surface area contributed by atoms with E-state index in [1.54, 1.807) is 0 Å². The van der Waals surface area contributed by atoms with Gasteiger partial charge in [-0.15, -0.1) is 0 Å². The van der Waals surface area contributed by atoms with Gasteiger partial charge in [-0.05, 0) is 24.0 Å². The number of carbonyl (C=O) groups is 1. The summed E-state index contributed by atoms with van der Waals surface area (Å²) in [6, 6.07) is 9.75. The lowest BCUT2D eigenvalue weighted by atomic mass is 9.93. The Morgan fingerprint density at radius 3 is 2.76 bits per heavy atom. The standard InChI is InChI=1S/C17H21N3O/c1-17(2)8-9-20(11-17)16(21)15-10-14(18-3)12-6-4-5-7-13(12)19-15/h4-7,10H,8-9,11H2,1-3H3,(H,18,19). The Bertz CT molecular complexity index is 693. The van der Waals surface area contributed by atoms with Crippen molar-refractivity contribution in [1.82, 2.24) is 9.88 Å². The van der Waals surface area contributed by atoms with Crippen LogP contribution in [0.3, 0.4) is 0 Å². The second-order valence-electron chi connectivity index (χ2n) is 6.46. The number of fused-ring (bicyclic) bond motifs is 1. The number of rotatable bonds is 2. The van der Waals surface area contributed by atoms with E-state index in [4.69, 9.17) is 0 Å². The number of benzene rings is 1. The number of pyridine rings is 1. The van der Waals surface area contributed by atoms with Crippen LogP contribution in [-0.2, 0) is 0 Å². The molecule has 1 saturated heterocycles. The SMILES string of the molecule is CNc1cc(C(=O)N2CCC(C)(C)C2)nc2ccccc12. The number of nitrogens with one attached hydrogen (secondary N) is 1. The summed E-state index contributed by atoms with van der Waals surface area (Å²) in [7, 11) is 1.87. The van der Waals surface area contributed by atoms with Crippen LogP contribution in [0.2, 0.25) is 0 Å². The molecule has 0 aliphatic carbocycles. The fourth-order valence-corrected chi connectivity index (χ4v) is 2.94. The van der Waals surface area contributed by atoms with Crippen LogP contribution in [0.15, 0.2) is 30.3 Å². The summed E-state index contributed by atoms with van der Waals surface area (Å²) < 4.78 is 0. The minimum absolute atomic E-state index is 0.0304. The zero-order chi connectivity index (χ0) is 15.0. The second kappa shape index (κ2) is 5.02. The van der Waals surface area contributed by atoms with E-state index in [1.807, 2.05) is 42.3 Å². The molecule has 0 saturated carbocycles. The molecule has 4 heteroatoms. The first-order chi connectivity index (χ1) is 10.00. The third kappa shape index (κ3) is 2.58. The number of amides is 1. The van der Waals surface area contributed by atoms with E-state index in [-0.39, 0.29) is 11.3 Å². The van der Waals surface area contributed by atoms with Gasteiger partial charge in [0.15, 0.2) is 0 Å². The summed E-state index contributed by atoms with van der Waals surface area (Å²) in [4.78, 5) is 19.1. The van der Waals surface area contributed by atoms with Crippen LogP contribution in [-0.4, -0.2) is 35.9 Å². The number of aromatic nitrogens is 1. The minimum atomic E-state index is 0.0304. The highest BCUT2D eigenvalue weighted by molar-refractivity contribution is 5.99. The van der Waals surface area contributed by atoms with Gasteiger partial charge in [0, 0.05) is 31.2 Å². The molecule has 2 heterocycles. The number of anilines is 1. The highest BCUT2D eigenvalue weighted by Crippen LogP contribution is 2.30. The molecule has 1 aromatic heterocycles. The fraction of sp³-hybridized carbons (Fsp3) is 0.412. The van der Waals surface area contributed by atoms with Crippen LogP contribution in [0.25, 0.3) is 10.9 Å². The maximum absolute atomic E-state index is 12.7. The number of hydrogen-bond donors (Lipinski definition) is 1. The zero-order valence-electron chi connectivity index (χ0n) is 12.8. The minimum Gasteiger partial charge on any atom is -0.388 e. The number of likely N-dealkylation sites (tertiary alicyclic amines) is 1. The lowest BCUT2D eigenvalue weighted by molar-refractivity contribution is 0.0773. The largest absolute Gasteiger partial charge is 0.388 e. The Hall–Kier alpha value is -2.10. The molecule has 4 nitrogen and oxygen atoms in total.